The Morgan fingerprint density at radius 3 is 2.79 bits per heavy atom. The van der Waals surface area contributed by atoms with Crippen LogP contribution < -0.4 is 5.73 Å². The maximum atomic E-state index is 12.9. The van der Waals surface area contributed by atoms with E-state index in [-0.39, 0.29) is 5.82 Å². The molecule has 70 valence electrons. The number of benzene rings is 1. The number of rotatable bonds is 1. The molecule has 0 amide bonds. The van der Waals surface area contributed by atoms with E-state index < -0.39 is 0 Å². The number of nitrogens with zero attached hydrogens (tertiary/aromatic N) is 2. The highest BCUT2D eigenvalue weighted by molar-refractivity contribution is 5.61. The first-order valence-corrected chi connectivity index (χ1v) is 4.10. The third kappa shape index (κ3) is 1.69. The first-order valence-electron chi connectivity index (χ1n) is 4.10. The highest BCUT2D eigenvalue weighted by atomic mass is 19.1. The SMILES string of the molecule is Nc1cnnc(-c2cccc(F)c2)c1. The van der Waals surface area contributed by atoms with Crippen molar-refractivity contribution in [2.75, 3.05) is 5.73 Å². The molecule has 0 aliphatic rings. The molecule has 2 N–H and O–H groups in total. The number of anilines is 1. The molecule has 3 nitrogen and oxygen atoms in total. The fraction of sp³-hybridized carbons (Fsp3) is 0. The largest absolute Gasteiger partial charge is 0.397 e. The molecule has 1 heterocycles. The Kier molecular flexibility index (Phi) is 2.10. The minimum absolute atomic E-state index is 0.299. The predicted molar refractivity (Wildman–Crippen MR) is 51.8 cm³/mol. The van der Waals surface area contributed by atoms with Crippen molar-refractivity contribution in [3.63, 3.8) is 0 Å². The van der Waals surface area contributed by atoms with Crippen LogP contribution >= 0.6 is 0 Å². The first kappa shape index (κ1) is 8.62. The second-order valence-corrected chi connectivity index (χ2v) is 2.88. The molecular formula is C10H8FN3. The van der Waals surface area contributed by atoms with Crippen molar-refractivity contribution in [1.82, 2.24) is 10.2 Å². The molecule has 14 heavy (non-hydrogen) atoms. The molecule has 1 aromatic carbocycles. The summed E-state index contributed by atoms with van der Waals surface area (Å²) in [6.07, 6.45) is 1.45. The maximum Gasteiger partial charge on any atom is 0.123 e. The quantitative estimate of drug-likeness (QED) is 0.744. The molecule has 0 bridgehead atoms. The van der Waals surface area contributed by atoms with Crippen molar-refractivity contribution in [3.8, 4) is 11.3 Å². The highest BCUT2D eigenvalue weighted by Gasteiger charge is 2.01. The molecule has 0 spiro atoms. The van der Waals surface area contributed by atoms with Gasteiger partial charge in [-0.3, -0.25) is 0 Å². The average molecular weight is 189 g/mol. The third-order valence-electron chi connectivity index (χ3n) is 1.80. The van der Waals surface area contributed by atoms with Gasteiger partial charge in [0.15, 0.2) is 0 Å². The molecule has 4 heteroatoms. The molecule has 0 radical (unpaired) electrons. The van der Waals surface area contributed by atoms with Crippen molar-refractivity contribution in [2.24, 2.45) is 0 Å². The van der Waals surface area contributed by atoms with E-state index in [0.717, 1.165) is 0 Å². The summed E-state index contributed by atoms with van der Waals surface area (Å²) >= 11 is 0. The Balaban J connectivity index is 2.49. The van der Waals surface area contributed by atoms with Crippen LogP contribution in [-0.4, -0.2) is 10.2 Å². The molecule has 0 fully saturated rings. The lowest BCUT2D eigenvalue weighted by atomic mass is 10.1. The number of hydrogen-bond acceptors (Lipinski definition) is 3. The summed E-state index contributed by atoms with van der Waals surface area (Å²) in [5.41, 5.74) is 7.30. The summed E-state index contributed by atoms with van der Waals surface area (Å²) in [6.45, 7) is 0. The van der Waals surface area contributed by atoms with Gasteiger partial charge in [0.1, 0.15) is 5.82 Å². The number of nitrogens with two attached hydrogens (primary N) is 1. The van der Waals surface area contributed by atoms with Crippen LogP contribution in [0.1, 0.15) is 0 Å². The van der Waals surface area contributed by atoms with Crippen LogP contribution in [0.4, 0.5) is 10.1 Å². The van der Waals surface area contributed by atoms with Gasteiger partial charge in [0.25, 0.3) is 0 Å². The number of halogens is 1. The molecule has 0 aliphatic carbocycles. The van der Waals surface area contributed by atoms with Crippen LogP contribution in [0.2, 0.25) is 0 Å². The summed E-state index contributed by atoms with van der Waals surface area (Å²) in [6, 6.07) is 7.80. The summed E-state index contributed by atoms with van der Waals surface area (Å²) in [7, 11) is 0. The molecule has 2 rings (SSSR count). The number of nitrogen functional groups attached to an aromatic ring is 1. The van der Waals surface area contributed by atoms with Crippen molar-refractivity contribution in [1.29, 1.82) is 0 Å². The normalized spacial score (nSPS) is 10.1. The fourth-order valence-corrected chi connectivity index (χ4v) is 1.17. The topological polar surface area (TPSA) is 51.8 Å². The average Bonchev–Trinajstić information content (AvgIpc) is 2.18. The van der Waals surface area contributed by atoms with Crippen molar-refractivity contribution >= 4 is 5.69 Å². The number of hydrogen-bond donors (Lipinski definition) is 1. The molecular weight excluding hydrogens is 181 g/mol. The van der Waals surface area contributed by atoms with Gasteiger partial charge in [0, 0.05) is 5.56 Å². The van der Waals surface area contributed by atoms with Crippen molar-refractivity contribution < 1.29 is 4.39 Å². The lowest BCUT2D eigenvalue weighted by Crippen LogP contribution is -1.92. The smallest absolute Gasteiger partial charge is 0.123 e. The van der Waals surface area contributed by atoms with E-state index in [1.54, 1.807) is 18.2 Å². The lowest BCUT2D eigenvalue weighted by molar-refractivity contribution is 0.628. The second kappa shape index (κ2) is 3.41. The van der Waals surface area contributed by atoms with Crippen molar-refractivity contribution in [2.45, 2.75) is 0 Å². The highest BCUT2D eigenvalue weighted by Crippen LogP contribution is 2.18. The summed E-state index contributed by atoms with van der Waals surface area (Å²) in [5.74, 6) is -0.299. The van der Waals surface area contributed by atoms with Gasteiger partial charge in [-0.25, -0.2) is 4.39 Å². The first-order chi connectivity index (χ1) is 6.75. The van der Waals surface area contributed by atoms with Crippen LogP contribution in [0.5, 0.6) is 0 Å². The number of aromatic nitrogens is 2. The maximum absolute atomic E-state index is 12.9. The molecule has 1 aromatic heterocycles. The zero-order valence-electron chi connectivity index (χ0n) is 7.31. The molecule has 0 saturated heterocycles. The molecule has 0 atom stereocenters. The van der Waals surface area contributed by atoms with Gasteiger partial charge in [-0.15, -0.1) is 0 Å². The van der Waals surface area contributed by atoms with E-state index in [1.807, 2.05) is 0 Å². The van der Waals surface area contributed by atoms with E-state index in [2.05, 4.69) is 10.2 Å². The Hall–Kier alpha value is -1.97. The Morgan fingerprint density at radius 2 is 2.07 bits per heavy atom. The molecule has 0 aliphatic heterocycles. The predicted octanol–water partition coefficient (Wildman–Crippen LogP) is 1.86. The zero-order valence-corrected chi connectivity index (χ0v) is 7.31. The monoisotopic (exact) mass is 189 g/mol. The Bertz CT molecular complexity index is 413. The van der Waals surface area contributed by atoms with Gasteiger partial charge in [0.2, 0.25) is 0 Å². The minimum Gasteiger partial charge on any atom is -0.397 e. The summed E-state index contributed by atoms with van der Waals surface area (Å²) in [5, 5.41) is 7.55. The Labute approximate surface area is 80.4 Å². The molecule has 0 unspecified atom stereocenters. The van der Waals surface area contributed by atoms with Crippen LogP contribution in [0.3, 0.4) is 0 Å². The zero-order chi connectivity index (χ0) is 9.97. The van der Waals surface area contributed by atoms with E-state index in [4.69, 9.17) is 5.73 Å². The minimum atomic E-state index is -0.299. The lowest BCUT2D eigenvalue weighted by Gasteiger charge is -2.00. The standard InChI is InChI=1S/C10H8FN3/c11-8-3-1-2-7(4-8)10-5-9(12)6-13-14-10/h1-6H,(H2,12,14). The molecule has 0 saturated carbocycles. The molecule has 2 aromatic rings. The van der Waals surface area contributed by atoms with Crippen LogP contribution in [0, 0.1) is 5.82 Å². The Morgan fingerprint density at radius 1 is 1.21 bits per heavy atom. The van der Waals surface area contributed by atoms with Crippen LogP contribution in [0.15, 0.2) is 36.5 Å². The van der Waals surface area contributed by atoms with Crippen LogP contribution in [0.25, 0.3) is 11.3 Å². The fourth-order valence-electron chi connectivity index (χ4n) is 1.17. The summed E-state index contributed by atoms with van der Waals surface area (Å²) < 4.78 is 12.9. The third-order valence-corrected chi connectivity index (χ3v) is 1.80. The van der Waals surface area contributed by atoms with Crippen molar-refractivity contribution in [3.05, 3.63) is 42.3 Å². The van der Waals surface area contributed by atoms with Crippen LogP contribution in [-0.2, 0) is 0 Å². The van der Waals surface area contributed by atoms with E-state index >= 15 is 0 Å². The van der Waals surface area contributed by atoms with Gasteiger partial charge in [-0.05, 0) is 18.2 Å². The van der Waals surface area contributed by atoms with Gasteiger partial charge in [-0.2, -0.15) is 10.2 Å². The van der Waals surface area contributed by atoms with E-state index in [1.165, 1.54) is 18.3 Å². The van der Waals surface area contributed by atoms with Gasteiger partial charge in [-0.1, -0.05) is 12.1 Å². The summed E-state index contributed by atoms with van der Waals surface area (Å²) in [4.78, 5) is 0. The van der Waals surface area contributed by atoms with E-state index in [9.17, 15) is 4.39 Å². The van der Waals surface area contributed by atoms with Gasteiger partial charge in [0.05, 0.1) is 17.6 Å². The second-order valence-electron chi connectivity index (χ2n) is 2.88. The van der Waals surface area contributed by atoms with E-state index in [0.29, 0.717) is 16.9 Å². The van der Waals surface area contributed by atoms with Gasteiger partial charge >= 0.3 is 0 Å². The van der Waals surface area contributed by atoms with Gasteiger partial charge < -0.3 is 5.73 Å².